The van der Waals surface area contributed by atoms with E-state index in [1.807, 2.05) is 0 Å². The molecule has 21 heavy (non-hydrogen) atoms. The summed E-state index contributed by atoms with van der Waals surface area (Å²) in [7, 11) is 4.31. The van der Waals surface area contributed by atoms with E-state index in [0.717, 1.165) is 6.54 Å². The zero-order valence-electron chi connectivity index (χ0n) is 15.3. The molecule has 0 radical (unpaired) electrons. The van der Waals surface area contributed by atoms with Crippen LogP contribution in [-0.2, 0) is 0 Å². The predicted molar refractivity (Wildman–Crippen MR) is 93.0 cm³/mol. The van der Waals surface area contributed by atoms with Gasteiger partial charge in [0.1, 0.15) is 0 Å². The standard InChI is InChI=1S/C17H38N4/c1-7-18-16(17(2,3)4)8-9-20-12-14-21(15-13-20)11-10-19(5)6/h16,18H,7-15H2,1-6H3. The van der Waals surface area contributed by atoms with Gasteiger partial charge in [-0.1, -0.05) is 27.7 Å². The van der Waals surface area contributed by atoms with Crippen molar-refractivity contribution in [1.29, 1.82) is 0 Å². The van der Waals surface area contributed by atoms with Gasteiger partial charge >= 0.3 is 0 Å². The summed E-state index contributed by atoms with van der Waals surface area (Å²) in [5.74, 6) is 0. The second-order valence-electron chi connectivity index (χ2n) is 7.75. The fourth-order valence-electron chi connectivity index (χ4n) is 2.98. The second kappa shape index (κ2) is 9.09. The number of likely N-dealkylation sites (N-methyl/N-ethyl adjacent to an activating group) is 1. The van der Waals surface area contributed by atoms with Crippen molar-refractivity contribution in [3.8, 4) is 0 Å². The van der Waals surface area contributed by atoms with E-state index in [-0.39, 0.29) is 0 Å². The Morgan fingerprint density at radius 3 is 1.95 bits per heavy atom. The Labute approximate surface area is 132 Å². The fraction of sp³-hybridized carbons (Fsp3) is 1.00. The van der Waals surface area contributed by atoms with Crippen LogP contribution in [-0.4, -0.2) is 87.2 Å². The molecule has 1 heterocycles. The topological polar surface area (TPSA) is 21.8 Å². The Kier molecular flexibility index (Phi) is 8.17. The molecule has 1 unspecified atom stereocenters. The van der Waals surface area contributed by atoms with E-state index < -0.39 is 0 Å². The zero-order chi connectivity index (χ0) is 15.9. The van der Waals surface area contributed by atoms with E-state index in [1.54, 1.807) is 0 Å². The van der Waals surface area contributed by atoms with Crippen LogP contribution in [0.2, 0.25) is 0 Å². The van der Waals surface area contributed by atoms with Crippen LogP contribution in [0.25, 0.3) is 0 Å². The van der Waals surface area contributed by atoms with Crippen LogP contribution in [0.1, 0.15) is 34.1 Å². The van der Waals surface area contributed by atoms with Crippen molar-refractivity contribution in [3.63, 3.8) is 0 Å². The molecule has 0 aromatic heterocycles. The Bertz CT molecular complexity index is 264. The summed E-state index contributed by atoms with van der Waals surface area (Å²) < 4.78 is 0. The SMILES string of the molecule is CCNC(CCN1CCN(CCN(C)C)CC1)C(C)(C)C. The molecule has 1 rings (SSSR count). The van der Waals surface area contributed by atoms with Gasteiger partial charge in [0.05, 0.1) is 0 Å². The van der Waals surface area contributed by atoms with Gasteiger partial charge in [0.15, 0.2) is 0 Å². The smallest absolute Gasteiger partial charge is 0.0128 e. The van der Waals surface area contributed by atoms with Crippen LogP contribution in [0.5, 0.6) is 0 Å². The lowest BCUT2D eigenvalue weighted by Gasteiger charge is -2.37. The van der Waals surface area contributed by atoms with Crippen molar-refractivity contribution in [3.05, 3.63) is 0 Å². The molecular weight excluding hydrogens is 260 g/mol. The largest absolute Gasteiger partial charge is 0.314 e. The Hall–Kier alpha value is -0.160. The Balaban J connectivity index is 2.25. The molecule has 1 saturated heterocycles. The van der Waals surface area contributed by atoms with Gasteiger partial charge < -0.3 is 15.1 Å². The number of hydrogen-bond acceptors (Lipinski definition) is 4. The maximum Gasteiger partial charge on any atom is 0.0128 e. The molecule has 1 atom stereocenters. The maximum absolute atomic E-state index is 3.66. The van der Waals surface area contributed by atoms with Crippen LogP contribution in [0.15, 0.2) is 0 Å². The number of nitrogens with zero attached hydrogens (tertiary/aromatic N) is 3. The van der Waals surface area contributed by atoms with Gasteiger partial charge in [-0.2, -0.15) is 0 Å². The molecule has 4 heteroatoms. The average molecular weight is 299 g/mol. The highest BCUT2D eigenvalue weighted by Gasteiger charge is 2.25. The van der Waals surface area contributed by atoms with Crippen molar-refractivity contribution in [2.24, 2.45) is 5.41 Å². The van der Waals surface area contributed by atoms with E-state index in [4.69, 9.17) is 0 Å². The summed E-state index contributed by atoms with van der Waals surface area (Å²) in [4.78, 5) is 7.51. The molecule has 0 aromatic rings. The molecule has 0 bridgehead atoms. The van der Waals surface area contributed by atoms with Gasteiger partial charge in [-0.05, 0) is 39.0 Å². The third-order valence-electron chi connectivity index (χ3n) is 4.56. The second-order valence-corrected chi connectivity index (χ2v) is 7.75. The molecule has 4 nitrogen and oxygen atoms in total. The lowest BCUT2D eigenvalue weighted by molar-refractivity contribution is 0.115. The maximum atomic E-state index is 3.66. The summed E-state index contributed by atoms with van der Waals surface area (Å²) in [6.45, 7) is 18.9. The lowest BCUT2D eigenvalue weighted by atomic mass is 9.84. The number of piperazine rings is 1. The highest BCUT2D eigenvalue weighted by Crippen LogP contribution is 2.22. The van der Waals surface area contributed by atoms with Crippen molar-refractivity contribution >= 4 is 0 Å². The first-order valence-corrected chi connectivity index (χ1v) is 8.65. The van der Waals surface area contributed by atoms with Crippen LogP contribution < -0.4 is 5.32 Å². The minimum atomic E-state index is 0.351. The molecule has 1 fully saturated rings. The zero-order valence-corrected chi connectivity index (χ0v) is 15.3. The van der Waals surface area contributed by atoms with Crippen molar-refractivity contribution in [2.45, 2.75) is 40.2 Å². The number of rotatable bonds is 8. The minimum absolute atomic E-state index is 0.351. The summed E-state index contributed by atoms with van der Waals surface area (Å²) in [6.07, 6.45) is 1.26. The number of hydrogen-bond donors (Lipinski definition) is 1. The molecule has 0 saturated carbocycles. The minimum Gasteiger partial charge on any atom is -0.314 e. The first kappa shape index (κ1) is 18.9. The third kappa shape index (κ3) is 7.59. The van der Waals surface area contributed by atoms with E-state index in [9.17, 15) is 0 Å². The van der Waals surface area contributed by atoms with E-state index in [2.05, 4.69) is 61.8 Å². The molecule has 1 aliphatic rings. The molecular formula is C17H38N4. The molecule has 126 valence electrons. The van der Waals surface area contributed by atoms with Gasteiger partial charge in [0.25, 0.3) is 0 Å². The molecule has 1 aliphatic heterocycles. The first-order valence-electron chi connectivity index (χ1n) is 8.65. The van der Waals surface area contributed by atoms with E-state index in [0.29, 0.717) is 11.5 Å². The van der Waals surface area contributed by atoms with Crippen molar-refractivity contribution in [2.75, 3.05) is 66.5 Å². The normalized spacial score (nSPS) is 20.1. The van der Waals surface area contributed by atoms with Crippen molar-refractivity contribution in [1.82, 2.24) is 20.0 Å². The third-order valence-corrected chi connectivity index (χ3v) is 4.56. The fourth-order valence-corrected chi connectivity index (χ4v) is 2.98. The van der Waals surface area contributed by atoms with Crippen LogP contribution >= 0.6 is 0 Å². The van der Waals surface area contributed by atoms with Crippen molar-refractivity contribution < 1.29 is 0 Å². The summed E-state index contributed by atoms with van der Waals surface area (Å²) in [6, 6.07) is 0.620. The van der Waals surface area contributed by atoms with E-state index in [1.165, 1.54) is 52.2 Å². The van der Waals surface area contributed by atoms with Crippen LogP contribution in [0, 0.1) is 5.41 Å². The first-order chi connectivity index (χ1) is 9.82. The highest BCUT2D eigenvalue weighted by atomic mass is 15.3. The summed E-state index contributed by atoms with van der Waals surface area (Å²) in [5.41, 5.74) is 0.351. The molecule has 0 aliphatic carbocycles. The lowest BCUT2D eigenvalue weighted by Crippen LogP contribution is -2.49. The quantitative estimate of drug-likeness (QED) is 0.734. The van der Waals surface area contributed by atoms with Gasteiger partial charge in [-0.3, -0.25) is 4.90 Å². The Morgan fingerprint density at radius 2 is 1.52 bits per heavy atom. The molecule has 0 aromatic carbocycles. The summed E-state index contributed by atoms with van der Waals surface area (Å²) in [5, 5.41) is 3.66. The van der Waals surface area contributed by atoms with Crippen LogP contribution in [0.4, 0.5) is 0 Å². The molecule has 1 N–H and O–H groups in total. The monoisotopic (exact) mass is 298 g/mol. The molecule has 0 amide bonds. The number of nitrogens with one attached hydrogen (secondary N) is 1. The van der Waals surface area contributed by atoms with Gasteiger partial charge in [-0.15, -0.1) is 0 Å². The molecule has 0 spiro atoms. The average Bonchev–Trinajstić information content (AvgIpc) is 2.41. The van der Waals surface area contributed by atoms with Gasteiger partial charge in [0, 0.05) is 45.3 Å². The van der Waals surface area contributed by atoms with Crippen LogP contribution in [0.3, 0.4) is 0 Å². The van der Waals surface area contributed by atoms with Gasteiger partial charge in [0.2, 0.25) is 0 Å². The summed E-state index contributed by atoms with van der Waals surface area (Å²) >= 11 is 0. The van der Waals surface area contributed by atoms with Gasteiger partial charge in [-0.25, -0.2) is 0 Å². The Morgan fingerprint density at radius 1 is 1.00 bits per heavy atom. The highest BCUT2D eigenvalue weighted by molar-refractivity contribution is 4.82. The predicted octanol–water partition coefficient (Wildman–Crippen LogP) is 1.58. The van der Waals surface area contributed by atoms with E-state index >= 15 is 0 Å².